The van der Waals surface area contributed by atoms with Crippen molar-refractivity contribution in [2.24, 2.45) is 18.7 Å². The highest BCUT2D eigenvalue weighted by Crippen LogP contribution is 2.02. The van der Waals surface area contributed by atoms with Gasteiger partial charge in [-0.1, -0.05) is 13.8 Å². The molecule has 6 heteroatoms. The Balaban J connectivity index is 2.38. The predicted octanol–water partition coefficient (Wildman–Crippen LogP) is -0.195. The Morgan fingerprint density at radius 3 is 2.81 bits per heavy atom. The van der Waals surface area contributed by atoms with Crippen LogP contribution >= 0.6 is 0 Å². The molecule has 3 N–H and O–H groups in total. The molecule has 16 heavy (non-hydrogen) atoms. The molecule has 0 fully saturated rings. The molecule has 0 spiro atoms. The zero-order valence-corrected chi connectivity index (χ0v) is 9.97. The Morgan fingerprint density at radius 1 is 1.62 bits per heavy atom. The van der Waals surface area contributed by atoms with Crippen molar-refractivity contribution in [3.63, 3.8) is 0 Å². The van der Waals surface area contributed by atoms with Crippen LogP contribution < -0.4 is 11.1 Å². The van der Waals surface area contributed by atoms with Crippen LogP contribution in [0.25, 0.3) is 0 Å². The number of nitrogens with one attached hydrogen (secondary N) is 1. The highest BCUT2D eigenvalue weighted by Gasteiger charge is 2.15. The topological polar surface area (TPSA) is 85.8 Å². The van der Waals surface area contributed by atoms with Gasteiger partial charge in [-0.2, -0.15) is 0 Å². The van der Waals surface area contributed by atoms with Crippen molar-refractivity contribution in [2.75, 3.05) is 0 Å². The summed E-state index contributed by atoms with van der Waals surface area (Å²) in [6, 6.07) is -0.451. The van der Waals surface area contributed by atoms with Crippen molar-refractivity contribution >= 4 is 5.91 Å². The molecule has 1 amide bonds. The Morgan fingerprint density at radius 2 is 2.31 bits per heavy atom. The maximum atomic E-state index is 11.6. The first-order chi connectivity index (χ1) is 7.50. The molecule has 1 heterocycles. The van der Waals surface area contributed by atoms with Gasteiger partial charge in [0, 0.05) is 7.05 Å². The molecule has 1 aromatic heterocycles. The van der Waals surface area contributed by atoms with Gasteiger partial charge in [0.25, 0.3) is 0 Å². The number of carbonyl (C=O) groups is 1. The van der Waals surface area contributed by atoms with E-state index in [1.807, 2.05) is 20.9 Å². The van der Waals surface area contributed by atoms with Crippen molar-refractivity contribution < 1.29 is 4.79 Å². The fourth-order valence-electron chi connectivity index (χ4n) is 1.38. The molecule has 90 valence electrons. The highest BCUT2D eigenvalue weighted by molar-refractivity contribution is 5.81. The van der Waals surface area contributed by atoms with E-state index in [-0.39, 0.29) is 5.91 Å². The minimum absolute atomic E-state index is 0.142. The highest BCUT2D eigenvalue weighted by atomic mass is 16.2. The molecule has 0 aliphatic carbocycles. The Bertz CT molecular complexity index is 347. The maximum Gasteiger partial charge on any atom is 0.237 e. The fraction of sp³-hybridized carbons (Fsp3) is 0.700. The monoisotopic (exact) mass is 225 g/mol. The molecule has 0 bridgehead atoms. The first-order valence-corrected chi connectivity index (χ1v) is 5.37. The lowest BCUT2D eigenvalue weighted by molar-refractivity contribution is -0.122. The molecule has 0 saturated heterocycles. The molecular formula is C10H19N5O. The Hall–Kier alpha value is -1.43. The van der Waals surface area contributed by atoms with Gasteiger partial charge in [0.05, 0.1) is 12.6 Å². The number of nitrogens with zero attached hydrogens (tertiary/aromatic N) is 3. The summed E-state index contributed by atoms with van der Waals surface area (Å²) >= 11 is 0. The lowest BCUT2D eigenvalue weighted by atomic mass is 10.0. The number of aromatic nitrogens is 3. The van der Waals surface area contributed by atoms with Crippen LogP contribution in [-0.4, -0.2) is 26.7 Å². The lowest BCUT2D eigenvalue weighted by Crippen LogP contribution is -2.41. The average molecular weight is 225 g/mol. The van der Waals surface area contributed by atoms with Gasteiger partial charge in [-0.3, -0.25) is 4.79 Å². The van der Waals surface area contributed by atoms with Gasteiger partial charge in [-0.25, -0.2) is 0 Å². The summed E-state index contributed by atoms with van der Waals surface area (Å²) in [6.07, 6.45) is 2.28. The van der Waals surface area contributed by atoms with Crippen molar-refractivity contribution in [3.8, 4) is 0 Å². The normalized spacial score (nSPS) is 12.8. The van der Waals surface area contributed by atoms with Crippen LogP contribution in [0.1, 0.15) is 26.1 Å². The summed E-state index contributed by atoms with van der Waals surface area (Å²) in [4.78, 5) is 11.6. The minimum Gasteiger partial charge on any atom is -0.347 e. The fourth-order valence-corrected chi connectivity index (χ4v) is 1.38. The first kappa shape index (κ1) is 12.6. The van der Waals surface area contributed by atoms with E-state index in [0.29, 0.717) is 24.7 Å². The van der Waals surface area contributed by atoms with Crippen molar-refractivity contribution in [1.82, 2.24) is 20.1 Å². The van der Waals surface area contributed by atoms with Crippen LogP contribution in [0.4, 0.5) is 0 Å². The number of nitrogens with two attached hydrogens (primary N) is 1. The molecule has 0 unspecified atom stereocenters. The van der Waals surface area contributed by atoms with Gasteiger partial charge >= 0.3 is 0 Å². The van der Waals surface area contributed by atoms with Gasteiger partial charge in [0.15, 0.2) is 5.82 Å². The quantitative estimate of drug-likeness (QED) is 0.727. The summed E-state index contributed by atoms with van der Waals surface area (Å²) < 4.78 is 1.76. The third-order valence-corrected chi connectivity index (χ3v) is 2.29. The number of hydrogen-bond acceptors (Lipinski definition) is 4. The van der Waals surface area contributed by atoms with Gasteiger partial charge in [-0.05, 0) is 12.3 Å². The second-order valence-corrected chi connectivity index (χ2v) is 4.31. The average Bonchev–Trinajstić information content (AvgIpc) is 2.59. The van der Waals surface area contributed by atoms with Crippen molar-refractivity contribution in [2.45, 2.75) is 32.9 Å². The zero-order chi connectivity index (χ0) is 12.1. The van der Waals surface area contributed by atoms with E-state index in [1.54, 1.807) is 10.9 Å². The van der Waals surface area contributed by atoms with Crippen LogP contribution in [0.15, 0.2) is 6.33 Å². The van der Waals surface area contributed by atoms with Crippen LogP contribution in [0.2, 0.25) is 0 Å². The largest absolute Gasteiger partial charge is 0.347 e. The molecule has 0 radical (unpaired) electrons. The SMILES string of the molecule is CC(C)C[C@@H](N)C(=O)NCc1nncn1C. The molecule has 1 rings (SSSR count). The zero-order valence-electron chi connectivity index (χ0n) is 9.97. The van der Waals surface area contributed by atoms with E-state index in [4.69, 9.17) is 5.73 Å². The summed E-state index contributed by atoms with van der Waals surface area (Å²) in [7, 11) is 1.83. The van der Waals surface area contributed by atoms with Gasteiger partial charge in [0.2, 0.25) is 5.91 Å². The van der Waals surface area contributed by atoms with E-state index < -0.39 is 6.04 Å². The Kier molecular flexibility index (Phi) is 4.42. The van der Waals surface area contributed by atoms with E-state index in [0.717, 1.165) is 0 Å². The second-order valence-electron chi connectivity index (χ2n) is 4.31. The van der Waals surface area contributed by atoms with Crippen molar-refractivity contribution in [1.29, 1.82) is 0 Å². The predicted molar refractivity (Wildman–Crippen MR) is 60.3 cm³/mol. The van der Waals surface area contributed by atoms with Gasteiger partial charge in [0.1, 0.15) is 6.33 Å². The van der Waals surface area contributed by atoms with Crippen LogP contribution in [0, 0.1) is 5.92 Å². The minimum atomic E-state index is -0.451. The molecule has 0 saturated carbocycles. The van der Waals surface area contributed by atoms with Gasteiger partial charge < -0.3 is 15.6 Å². The third kappa shape index (κ3) is 3.62. The number of carbonyl (C=O) groups excluding carboxylic acids is 1. The third-order valence-electron chi connectivity index (χ3n) is 2.29. The molecule has 6 nitrogen and oxygen atoms in total. The molecular weight excluding hydrogens is 206 g/mol. The number of aryl methyl sites for hydroxylation is 1. The molecule has 1 aromatic rings. The summed E-state index contributed by atoms with van der Waals surface area (Å²) in [6.45, 7) is 4.44. The maximum absolute atomic E-state index is 11.6. The molecule has 1 atom stereocenters. The smallest absolute Gasteiger partial charge is 0.237 e. The molecule has 0 aromatic carbocycles. The van der Waals surface area contributed by atoms with E-state index in [2.05, 4.69) is 15.5 Å². The second kappa shape index (κ2) is 5.60. The van der Waals surface area contributed by atoms with Crippen LogP contribution in [0.3, 0.4) is 0 Å². The number of hydrogen-bond donors (Lipinski definition) is 2. The number of amides is 1. The summed E-state index contributed by atoms with van der Waals surface area (Å²) in [5.74, 6) is 0.984. The van der Waals surface area contributed by atoms with Crippen LogP contribution in [-0.2, 0) is 18.4 Å². The standard InChI is InChI=1S/C10H19N5O/c1-7(2)4-8(11)10(16)12-5-9-14-13-6-15(9)3/h6-8H,4-5,11H2,1-3H3,(H,12,16)/t8-/m1/s1. The number of rotatable bonds is 5. The van der Waals surface area contributed by atoms with Gasteiger partial charge in [-0.15, -0.1) is 10.2 Å². The van der Waals surface area contributed by atoms with Crippen molar-refractivity contribution in [3.05, 3.63) is 12.2 Å². The van der Waals surface area contributed by atoms with E-state index in [9.17, 15) is 4.79 Å². The molecule has 0 aliphatic rings. The van der Waals surface area contributed by atoms with E-state index >= 15 is 0 Å². The summed E-state index contributed by atoms with van der Waals surface area (Å²) in [5, 5.41) is 10.3. The Labute approximate surface area is 95.2 Å². The molecule has 0 aliphatic heterocycles. The summed E-state index contributed by atoms with van der Waals surface area (Å²) in [5.41, 5.74) is 5.74. The lowest BCUT2D eigenvalue weighted by Gasteiger charge is -2.13. The first-order valence-electron chi connectivity index (χ1n) is 5.37. The van der Waals surface area contributed by atoms with Crippen LogP contribution in [0.5, 0.6) is 0 Å². The van der Waals surface area contributed by atoms with E-state index in [1.165, 1.54) is 0 Å².